The molecule has 1 aromatic heterocycles. The number of amides is 1. The van der Waals surface area contributed by atoms with Crippen molar-refractivity contribution in [3.8, 4) is 11.8 Å². The van der Waals surface area contributed by atoms with E-state index in [9.17, 15) is 10.1 Å². The normalized spacial score (nSPS) is 15.5. The number of carbonyl (C=O) groups excluding carboxylic acids is 1. The second-order valence-electron chi connectivity index (χ2n) is 7.69. The highest BCUT2D eigenvalue weighted by molar-refractivity contribution is 9.10. The summed E-state index contributed by atoms with van der Waals surface area (Å²) in [5.74, 6) is 1.28. The van der Waals surface area contributed by atoms with Crippen LogP contribution in [0.5, 0.6) is 5.75 Å². The molecule has 0 bridgehead atoms. The van der Waals surface area contributed by atoms with Crippen molar-refractivity contribution in [2.75, 3.05) is 11.9 Å². The Balaban J connectivity index is 1.74. The standard InChI is InChI=1S/C22H23BrN2O2S2/c1-12(2)14-5-7-19(18(23)9-14)27-11-20(26)25-21-17(10-24)15-6-4-13(3)8-16(15)22(28)29-21/h5,7,9,12-13H,4,6,8,11H2,1-3H3,(H,25,26). The highest BCUT2D eigenvalue weighted by atomic mass is 79.9. The molecule has 1 aliphatic carbocycles. The smallest absolute Gasteiger partial charge is 0.262 e. The number of halogens is 1. The van der Waals surface area contributed by atoms with Gasteiger partial charge in [-0.2, -0.15) is 5.26 Å². The lowest BCUT2D eigenvalue weighted by atomic mass is 9.85. The maximum atomic E-state index is 12.5. The van der Waals surface area contributed by atoms with Crippen LogP contribution in [0, 0.1) is 21.1 Å². The van der Waals surface area contributed by atoms with Crippen LogP contribution in [0.1, 0.15) is 55.4 Å². The van der Waals surface area contributed by atoms with Crippen LogP contribution in [0.25, 0.3) is 0 Å². The minimum atomic E-state index is -0.309. The Hall–Kier alpha value is -1.75. The molecule has 152 valence electrons. The first-order chi connectivity index (χ1) is 13.8. The van der Waals surface area contributed by atoms with E-state index in [4.69, 9.17) is 17.0 Å². The van der Waals surface area contributed by atoms with Gasteiger partial charge in [-0.25, -0.2) is 0 Å². The molecule has 0 saturated carbocycles. The molecule has 0 radical (unpaired) electrons. The lowest BCUT2D eigenvalue weighted by Crippen LogP contribution is -2.21. The highest BCUT2D eigenvalue weighted by Crippen LogP contribution is 2.36. The Morgan fingerprint density at radius 3 is 2.86 bits per heavy atom. The van der Waals surface area contributed by atoms with Crippen LogP contribution < -0.4 is 10.1 Å². The molecule has 1 amide bonds. The van der Waals surface area contributed by atoms with E-state index in [0.29, 0.717) is 28.1 Å². The molecular formula is C22H23BrN2O2S2. The molecule has 1 atom stereocenters. The minimum absolute atomic E-state index is 0.141. The van der Waals surface area contributed by atoms with Gasteiger partial charge >= 0.3 is 0 Å². The van der Waals surface area contributed by atoms with Crippen molar-refractivity contribution in [2.45, 2.75) is 46.0 Å². The van der Waals surface area contributed by atoms with Crippen molar-refractivity contribution in [1.82, 2.24) is 0 Å². The highest BCUT2D eigenvalue weighted by Gasteiger charge is 2.23. The predicted molar refractivity (Wildman–Crippen MR) is 123 cm³/mol. The molecule has 1 unspecified atom stereocenters. The van der Waals surface area contributed by atoms with Crippen LogP contribution in [-0.2, 0) is 17.6 Å². The first-order valence-corrected chi connectivity index (χ1v) is 11.6. The molecule has 1 heterocycles. The van der Waals surface area contributed by atoms with Gasteiger partial charge in [0, 0.05) is 0 Å². The van der Waals surface area contributed by atoms with Crippen molar-refractivity contribution in [1.29, 1.82) is 5.26 Å². The largest absolute Gasteiger partial charge is 0.483 e. The second-order valence-corrected chi connectivity index (χ2v) is 10.2. The van der Waals surface area contributed by atoms with Crippen molar-refractivity contribution >= 4 is 50.4 Å². The minimum Gasteiger partial charge on any atom is -0.483 e. The maximum Gasteiger partial charge on any atom is 0.262 e. The third kappa shape index (κ3) is 5.06. The van der Waals surface area contributed by atoms with Crippen LogP contribution in [-0.4, -0.2) is 12.5 Å². The van der Waals surface area contributed by atoms with Crippen LogP contribution in [0.2, 0.25) is 0 Å². The number of benzene rings is 1. The number of hydrogen-bond donors (Lipinski definition) is 1. The molecule has 0 spiro atoms. The molecule has 1 aliphatic rings. The van der Waals surface area contributed by atoms with Crippen molar-refractivity contribution < 1.29 is 9.53 Å². The van der Waals surface area contributed by atoms with Gasteiger partial charge in [0.15, 0.2) is 6.61 Å². The van der Waals surface area contributed by atoms with E-state index in [1.165, 1.54) is 16.9 Å². The third-order valence-corrected chi connectivity index (χ3v) is 7.18. The SMILES string of the molecule is CC1CCc2c(C#N)c(NC(=O)COc3ccc(C(C)C)cc3Br)sc(=S)c2C1. The summed E-state index contributed by atoms with van der Waals surface area (Å²) in [5.41, 5.74) is 3.83. The molecule has 7 heteroatoms. The Kier molecular flexibility index (Phi) is 7.10. The summed E-state index contributed by atoms with van der Waals surface area (Å²) >= 11 is 10.3. The van der Waals surface area contributed by atoms with Crippen molar-refractivity contribution in [3.63, 3.8) is 0 Å². The van der Waals surface area contributed by atoms with Crippen LogP contribution in [0.4, 0.5) is 5.00 Å². The summed E-state index contributed by atoms with van der Waals surface area (Å²) in [6.07, 6.45) is 2.75. The van der Waals surface area contributed by atoms with E-state index >= 15 is 0 Å². The van der Waals surface area contributed by atoms with Gasteiger partial charge in [0.1, 0.15) is 16.8 Å². The zero-order chi connectivity index (χ0) is 21.1. The van der Waals surface area contributed by atoms with Gasteiger partial charge in [-0.15, -0.1) is 11.3 Å². The Morgan fingerprint density at radius 1 is 1.45 bits per heavy atom. The van der Waals surface area contributed by atoms with E-state index in [0.717, 1.165) is 38.7 Å². The number of nitrogens with zero attached hydrogens (tertiary/aromatic N) is 1. The van der Waals surface area contributed by atoms with Crippen LogP contribution in [0.15, 0.2) is 22.7 Å². The van der Waals surface area contributed by atoms with E-state index in [1.54, 1.807) is 0 Å². The molecule has 0 aliphatic heterocycles. The van der Waals surface area contributed by atoms with Gasteiger partial charge < -0.3 is 10.1 Å². The second kappa shape index (κ2) is 9.38. The first kappa shape index (κ1) is 21.9. The number of ether oxygens (including phenoxy) is 1. The number of anilines is 1. The van der Waals surface area contributed by atoms with Gasteiger partial charge in [-0.05, 0) is 75.9 Å². The number of carbonyl (C=O) groups is 1. The number of fused-ring (bicyclic) bond motifs is 1. The molecule has 0 saturated heterocycles. The maximum absolute atomic E-state index is 12.5. The monoisotopic (exact) mass is 490 g/mol. The van der Waals surface area contributed by atoms with Crippen LogP contribution >= 0.6 is 39.5 Å². The zero-order valence-corrected chi connectivity index (χ0v) is 19.9. The van der Waals surface area contributed by atoms with E-state index in [-0.39, 0.29) is 12.5 Å². The fourth-order valence-corrected chi connectivity index (χ4v) is 5.36. The average Bonchev–Trinajstić information content (AvgIpc) is 2.67. The molecule has 0 fully saturated rings. The number of nitrogens with one attached hydrogen (secondary N) is 1. The van der Waals surface area contributed by atoms with Gasteiger partial charge in [-0.1, -0.05) is 39.1 Å². The van der Waals surface area contributed by atoms with E-state index < -0.39 is 0 Å². The summed E-state index contributed by atoms with van der Waals surface area (Å²) in [7, 11) is 0. The topological polar surface area (TPSA) is 62.1 Å². The number of rotatable bonds is 5. The third-order valence-electron chi connectivity index (χ3n) is 5.12. The van der Waals surface area contributed by atoms with Gasteiger partial charge in [-0.3, -0.25) is 4.79 Å². The molecule has 1 N–H and O–H groups in total. The summed E-state index contributed by atoms with van der Waals surface area (Å²) in [5, 5.41) is 13.0. The van der Waals surface area contributed by atoms with Gasteiger partial charge in [0.2, 0.25) is 0 Å². The van der Waals surface area contributed by atoms with Crippen molar-refractivity contribution in [2.24, 2.45) is 5.92 Å². The predicted octanol–water partition coefficient (Wildman–Crippen LogP) is 6.38. The van der Waals surface area contributed by atoms with Crippen molar-refractivity contribution in [3.05, 3.63) is 48.7 Å². The Labute approximate surface area is 189 Å². The molecular weight excluding hydrogens is 468 g/mol. The Bertz CT molecular complexity index is 1040. The average molecular weight is 491 g/mol. The first-order valence-electron chi connectivity index (χ1n) is 9.61. The Morgan fingerprint density at radius 2 is 2.21 bits per heavy atom. The van der Waals surface area contributed by atoms with E-state index in [2.05, 4.69) is 48.1 Å². The molecule has 1 aromatic carbocycles. The fourth-order valence-electron chi connectivity index (χ4n) is 3.45. The molecule has 2 aromatic rings. The molecule has 29 heavy (non-hydrogen) atoms. The summed E-state index contributed by atoms with van der Waals surface area (Å²) < 4.78 is 7.24. The summed E-state index contributed by atoms with van der Waals surface area (Å²) in [6.45, 7) is 6.30. The lowest BCUT2D eigenvalue weighted by Gasteiger charge is -2.23. The molecule has 3 rings (SSSR count). The molecule has 4 nitrogen and oxygen atoms in total. The number of hydrogen-bond acceptors (Lipinski definition) is 5. The summed E-state index contributed by atoms with van der Waals surface area (Å²) in [6, 6.07) is 8.12. The van der Waals surface area contributed by atoms with Gasteiger partial charge in [0.25, 0.3) is 5.91 Å². The zero-order valence-electron chi connectivity index (χ0n) is 16.7. The fraction of sp³-hybridized carbons (Fsp3) is 0.409. The summed E-state index contributed by atoms with van der Waals surface area (Å²) in [4.78, 5) is 12.5. The quantitative estimate of drug-likeness (QED) is 0.493. The lowest BCUT2D eigenvalue weighted by molar-refractivity contribution is -0.118. The van der Waals surface area contributed by atoms with Crippen LogP contribution in [0.3, 0.4) is 0 Å². The van der Waals surface area contributed by atoms with Gasteiger partial charge in [0.05, 0.1) is 13.9 Å². The van der Waals surface area contributed by atoms with E-state index in [1.807, 2.05) is 18.2 Å². The number of nitriles is 1.